The van der Waals surface area contributed by atoms with Crippen molar-refractivity contribution in [3.8, 4) is 6.07 Å². The minimum atomic E-state index is -0.484. The molecule has 1 atom stereocenters. The number of nitriles is 1. The van der Waals surface area contributed by atoms with E-state index in [1.54, 1.807) is 18.0 Å². The molecule has 1 unspecified atom stereocenters. The summed E-state index contributed by atoms with van der Waals surface area (Å²) in [6.45, 7) is 1.27. The number of rotatable bonds is 2. The van der Waals surface area contributed by atoms with E-state index in [9.17, 15) is 4.79 Å². The molecule has 0 saturated carbocycles. The second-order valence-corrected chi connectivity index (χ2v) is 4.11. The number of likely N-dealkylation sites (N-methyl/N-ethyl adjacent to an activating group) is 1. The van der Waals surface area contributed by atoms with E-state index in [0.717, 1.165) is 0 Å². The summed E-state index contributed by atoms with van der Waals surface area (Å²) >= 11 is 0. The lowest BCUT2D eigenvalue weighted by Gasteiger charge is -2.35. The molecule has 3 N–H and O–H groups in total. The van der Waals surface area contributed by atoms with Crippen molar-refractivity contribution in [1.29, 1.82) is 5.26 Å². The minimum absolute atomic E-state index is 0.164. The first kappa shape index (κ1) is 13.1. The predicted octanol–water partition coefficient (Wildman–Crippen LogP) is -0.513. The Labute approximate surface area is 111 Å². The molecule has 1 amide bonds. The third-order valence-corrected chi connectivity index (χ3v) is 3.04. The van der Waals surface area contributed by atoms with Crippen LogP contribution in [0.2, 0.25) is 0 Å². The van der Waals surface area contributed by atoms with E-state index in [2.05, 4.69) is 10.3 Å². The molecule has 0 aliphatic carbocycles. The topological polar surface area (TPSA) is 104 Å². The van der Waals surface area contributed by atoms with Crippen molar-refractivity contribution in [2.45, 2.75) is 6.04 Å². The van der Waals surface area contributed by atoms with Crippen LogP contribution < -0.4 is 16.0 Å². The van der Waals surface area contributed by atoms with Crippen LogP contribution in [-0.2, 0) is 9.53 Å². The monoisotopic (exact) mass is 261 g/mol. The molecule has 1 fully saturated rings. The molecule has 1 aliphatic rings. The highest BCUT2D eigenvalue weighted by Crippen LogP contribution is 2.26. The van der Waals surface area contributed by atoms with Gasteiger partial charge in [0, 0.05) is 19.8 Å². The molecule has 19 heavy (non-hydrogen) atoms. The molecular weight excluding hydrogens is 246 g/mol. The number of hydrogen-bond donors (Lipinski definition) is 2. The Hall–Kier alpha value is -2.33. The van der Waals surface area contributed by atoms with E-state index in [4.69, 9.17) is 15.7 Å². The summed E-state index contributed by atoms with van der Waals surface area (Å²) in [5, 5.41) is 11.6. The van der Waals surface area contributed by atoms with Gasteiger partial charge in [0.2, 0.25) is 5.91 Å². The zero-order valence-corrected chi connectivity index (χ0v) is 10.6. The van der Waals surface area contributed by atoms with Gasteiger partial charge in [-0.25, -0.2) is 4.98 Å². The van der Waals surface area contributed by atoms with Gasteiger partial charge < -0.3 is 20.7 Å². The number of morpholine rings is 1. The molecule has 0 bridgehead atoms. The van der Waals surface area contributed by atoms with Crippen molar-refractivity contribution in [1.82, 2.24) is 10.3 Å². The number of hydrogen-bond acceptors (Lipinski definition) is 6. The van der Waals surface area contributed by atoms with E-state index in [-0.39, 0.29) is 12.5 Å². The van der Waals surface area contributed by atoms with Gasteiger partial charge in [0.05, 0.1) is 24.5 Å². The Morgan fingerprint density at radius 3 is 3.21 bits per heavy atom. The maximum absolute atomic E-state index is 11.8. The van der Waals surface area contributed by atoms with E-state index in [0.29, 0.717) is 30.2 Å². The second-order valence-electron chi connectivity index (χ2n) is 4.11. The van der Waals surface area contributed by atoms with Crippen LogP contribution in [0.5, 0.6) is 0 Å². The summed E-state index contributed by atoms with van der Waals surface area (Å²) in [5.74, 6) is 0.291. The minimum Gasteiger partial charge on any atom is -0.395 e. The van der Waals surface area contributed by atoms with Crippen molar-refractivity contribution >= 4 is 17.4 Å². The summed E-state index contributed by atoms with van der Waals surface area (Å²) in [7, 11) is 1.57. The number of nitrogens with two attached hydrogens (primary N) is 1. The van der Waals surface area contributed by atoms with Crippen LogP contribution in [0.25, 0.3) is 0 Å². The number of amides is 1. The average Bonchev–Trinajstić information content (AvgIpc) is 2.47. The quantitative estimate of drug-likeness (QED) is 0.742. The molecule has 2 heterocycles. The molecule has 0 radical (unpaired) electrons. The molecule has 1 saturated heterocycles. The lowest BCUT2D eigenvalue weighted by Crippen LogP contribution is -2.53. The van der Waals surface area contributed by atoms with Gasteiger partial charge in [-0.15, -0.1) is 0 Å². The van der Waals surface area contributed by atoms with Gasteiger partial charge in [-0.05, 0) is 6.07 Å². The Kier molecular flexibility index (Phi) is 3.82. The van der Waals surface area contributed by atoms with Crippen molar-refractivity contribution < 1.29 is 9.53 Å². The molecule has 1 aliphatic heterocycles. The summed E-state index contributed by atoms with van der Waals surface area (Å²) in [6.07, 6.45) is 1.51. The van der Waals surface area contributed by atoms with Gasteiger partial charge >= 0.3 is 0 Å². The fourth-order valence-corrected chi connectivity index (χ4v) is 2.03. The van der Waals surface area contributed by atoms with E-state index < -0.39 is 6.04 Å². The Morgan fingerprint density at radius 1 is 1.74 bits per heavy atom. The normalized spacial score (nSPS) is 18.7. The molecule has 1 aromatic heterocycles. The molecule has 1 aromatic rings. The maximum atomic E-state index is 11.8. The third-order valence-electron chi connectivity index (χ3n) is 3.04. The number of anilines is 2. The number of carbonyl (C=O) groups excluding carboxylic acids is 1. The van der Waals surface area contributed by atoms with Crippen molar-refractivity contribution in [3.05, 3.63) is 17.8 Å². The average molecular weight is 261 g/mol. The number of nitrogens with zero attached hydrogens (tertiary/aromatic N) is 3. The van der Waals surface area contributed by atoms with E-state index in [1.807, 2.05) is 6.07 Å². The fourth-order valence-electron chi connectivity index (χ4n) is 2.03. The van der Waals surface area contributed by atoms with Crippen LogP contribution in [0.4, 0.5) is 11.5 Å². The Bertz CT molecular complexity index is 525. The first-order valence-corrected chi connectivity index (χ1v) is 5.89. The van der Waals surface area contributed by atoms with Gasteiger partial charge in [-0.3, -0.25) is 4.79 Å². The summed E-state index contributed by atoms with van der Waals surface area (Å²) in [5.41, 5.74) is 6.58. The molecule has 100 valence electrons. The lowest BCUT2D eigenvalue weighted by atomic mass is 10.1. The van der Waals surface area contributed by atoms with E-state index in [1.165, 1.54) is 6.20 Å². The van der Waals surface area contributed by atoms with Crippen LogP contribution in [0.1, 0.15) is 5.56 Å². The largest absolute Gasteiger partial charge is 0.395 e. The molecule has 0 aromatic carbocycles. The van der Waals surface area contributed by atoms with Crippen molar-refractivity contribution in [3.63, 3.8) is 0 Å². The standard InChI is InChI=1S/C12H15N5O2/c1-15-12(18)9-7-19-5-4-17(9)11-10(14)8(6-13)2-3-16-11/h2-3,9H,4-5,7,14H2,1H3,(H,15,18). The van der Waals surface area contributed by atoms with Gasteiger partial charge in [0.1, 0.15) is 12.1 Å². The number of pyridine rings is 1. The fraction of sp³-hybridized carbons (Fsp3) is 0.417. The lowest BCUT2D eigenvalue weighted by molar-refractivity contribution is -0.124. The van der Waals surface area contributed by atoms with Gasteiger partial charge in [0.25, 0.3) is 0 Å². The highest BCUT2D eigenvalue weighted by molar-refractivity contribution is 5.86. The highest BCUT2D eigenvalue weighted by Gasteiger charge is 2.31. The zero-order valence-electron chi connectivity index (χ0n) is 10.6. The SMILES string of the molecule is CNC(=O)C1COCCN1c1nccc(C#N)c1N. The molecule has 0 spiro atoms. The molecular formula is C12H15N5O2. The van der Waals surface area contributed by atoms with Gasteiger partial charge in [-0.2, -0.15) is 5.26 Å². The Morgan fingerprint density at radius 2 is 2.53 bits per heavy atom. The van der Waals surface area contributed by atoms with Crippen LogP contribution >= 0.6 is 0 Å². The second kappa shape index (κ2) is 5.54. The summed E-state index contributed by atoms with van der Waals surface area (Å²) in [6, 6.07) is 3.08. The number of carbonyl (C=O) groups is 1. The number of nitrogen functional groups attached to an aromatic ring is 1. The number of ether oxygens (including phenoxy) is 1. The maximum Gasteiger partial charge on any atom is 0.244 e. The zero-order chi connectivity index (χ0) is 13.8. The van der Waals surface area contributed by atoms with Crippen LogP contribution in [0, 0.1) is 11.3 Å². The highest BCUT2D eigenvalue weighted by atomic mass is 16.5. The number of nitrogens with one attached hydrogen (secondary N) is 1. The summed E-state index contributed by atoms with van der Waals surface area (Å²) in [4.78, 5) is 17.8. The van der Waals surface area contributed by atoms with Gasteiger partial charge in [-0.1, -0.05) is 0 Å². The van der Waals surface area contributed by atoms with Crippen LogP contribution in [0.15, 0.2) is 12.3 Å². The smallest absolute Gasteiger partial charge is 0.244 e. The predicted molar refractivity (Wildman–Crippen MR) is 69.4 cm³/mol. The van der Waals surface area contributed by atoms with Crippen molar-refractivity contribution in [2.75, 3.05) is 37.4 Å². The molecule has 2 rings (SSSR count). The van der Waals surface area contributed by atoms with Crippen LogP contribution in [0.3, 0.4) is 0 Å². The summed E-state index contributed by atoms with van der Waals surface area (Å²) < 4.78 is 5.32. The first-order valence-electron chi connectivity index (χ1n) is 5.89. The third kappa shape index (κ3) is 2.44. The number of aromatic nitrogens is 1. The van der Waals surface area contributed by atoms with E-state index >= 15 is 0 Å². The molecule has 7 nitrogen and oxygen atoms in total. The van der Waals surface area contributed by atoms with Crippen molar-refractivity contribution in [2.24, 2.45) is 0 Å². The first-order chi connectivity index (χ1) is 9.19. The van der Waals surface area contributed by atoms with Crippen LogP contribution in [-0.4, -0.2) is 43.7 Å². The molecule has 7 heteroatoms. The Balaban J connectivity index is 2.38. The van der Waals surface area contributed by atoms with Gasteiger partial charge in [0.15, 0.2) is 5.82 Å².